The highest BCUT2D eigenvalue weighted by atomic mass is 16.5. The van der Waals surface area contributed by atoms with Gasteiger partial charge in [-0.05, 0) is 17.0 Å². The number of benzene rings is 1. The van der Waals surface area contributed by atoms with Crippen LogP contribution in [0.25, 0.3) is 11.1 Å². The van der Waals surface area contributed by atoms with Gasteiger partial charge in [-0.1, -0.05) is 38.1 Å². The SMILES string of the molecule is COCCc1nn(C)c(N)c1-c1ccc(C(C)C)cc1. The molecule has 2 aromatic rings. The van der Waals surface area contributed by atoms with Gasteiger partial charge < -0.3 is 10.5 Å². The molecule has 4 heteroatoms. The summed E-state index contributed by atoms with van der Waals surface area (Å²) in [5.41, 5.74) is 10.6. The molecule has 20 heavy (non-hydrogen) atoms. The van der Waals surface area contributed by atoms with Crippen molar-refractivity contribution in [2.75, 3.05) is 19.5 Å². The Morgan fingerprint density at radius 1 is 1.25 bits per heavy atom. The quantitative estimate of drug-likeness (QED) is 0.911. The molecule has 2 N–H and O–H groups in total. The first kappa shape index (κ1) is 14.6. The Morgan fingerprint density at radius 3 is 2.45 bits per heavy atom. The first-order chi connectivity index (χ1) is 9.54. The minimum atomic E-state index is 0.531. The molecule has 0 amide bonds. The predicted molar refractivity (Wildman–Crippen MR) is 82.7 cm³/mol. The van der Waals surface area contributed by atoms with E-state index in [2.05, 4.69) is 43.2 Å². The molecular formula is C16H23N3O. The Labute approximate surface area is 120 Å². The lowest BCUT2D eigenvalue weighted by Crippen LogP contribution is -1.98. The van der Waals surface area contributed by atoms with Crippen molar-refractivity contribution >= 4 is 5.82 Å². The lowest BCUT2D eigenvalue weighted by molar-refractivity contribution is 0.201. The number of hydrogen-bond donors (Lipinski definition) is 1. The molecule has 0 aliphatic carbocycles. The second-order valence-electron chi connectivity index (χ2n) is 5.35. The van der Waals surface area contributed by atoms with Gasteiger partial charge in [-0.2, -0.15) is 5.10 Å². The van der Waals surface area contributed by atoms with Crippen LogP contribution in [-0.4, -0.2) is 23.5 Å². The third-order valence-electron chi connectivity index (χ3n) is 3.57. The number of nitrogens with two attached hydrogens (primary N) is 1. The molecule has 4 nitrogen and oxygen atoms in total. The summed E-state index contributed by atoms with van der Waals surface area (Å²) in [5, 5.41) is 4.49. The van der Waals surface area contributed by atoms with E-state index in [4.69, 9.17) is 10.5 Å². The molecule has 0 spiro atoms. The van der Waals surface area contributed by atoms with Crippen LogP contribution in [0.2, 0.25) is 0 Å². The van der Waals surface area contributed by atoms with Crippen LogP contribution in [0.4, 0.5) is 5.82 Å². The number of aromatic nitrogens is 2. The zero-order chi connectivity index (χ0) is 14.7. The van der Waals surface area contributed by atoms with E-state index in [9.17, 15) is 0 Å². The number of anilines is 1. The summed E-state index contributed by atoms with van der Waals surface area (Å²) in [6.45, 7) is 5.03. The molecular weight excluding hydrogens is 250 g/mol. The molecule has 108 valence electrons. The van der Waals surface area contributed by atoms with Crippen LogP contribution >= 0.6 is 0 Å². The van der Waals surface area contributed by atoms with Crippen molar-refractivity contribution < 1.29 is 4.74 Å². The van der Waals surface area contributed by atoms with Crippen molar-refractivity contribution in [3.8, 4) is 11.1 Å². The topological polar surface area (TPSA) is 53.1 Å². The molecule has 0 aliphatic rings. The van der Waals surface area contributed by atoms with E-state index < -0.39 is 0 Å². The zero-order valence-corrected chi connectivity index (χ0v) is 12.7. The molecule has 0 fully saturated rings. The number of aryl methyl sites for hydroxylation is 1. The van der Waals surface area contributed by atoms with E-state index in [-0.39, 0.29) is 0 Å². The summed E-state index contributed by atoms with van der Waals surface area (Å²) in [5.74, 6) is 1.23. The first-order valence-electron chi connectivity index (χ1n) is 6.95. The van der Waals surface area contributed by atoms with Gasteiger partial charge in [0.25, 0.3) is 0 Å². The largest absolute Gasteiger partial charge is 0.384 e. The van der Waals surface area contributed by atoms with Crippen LogP contribution in [0.5, 0.6) is 0 Å². The Hall–Kier alpha value is -1.81. The van der Waals surface area contributed by atoms with E-state index in [0.29, 0.717) is 18.3 Å². The molecule has 1 heterocycles. The highest BCUT2D eigenvalue weighted by molar-refractivity contribution is 5.76. The molecule has 0 saturated carbocycles. The maximum Gasteiger partial charge on any atom is 0.129 e. The second-order valence-corrected chi connectivity index (χ2v) is 5.35. The zero-order valence-electron chi connectivity index (χ0n) is 12.7. The van der Waals surface area contributed by atoms with E-state index >= 15 is 0 Å². The van der Waals surface area contributed by atoms with Gasteiger partial charge in [-0.25, -0.2) is 0 Å². The van der Waals surface area contributed by atoms with Crippen LogP contribution < -0.4 is 5.73 Å². The lowest BCUT2D eigenvalue weighted by Gasteiger charge is -2.08. The standard InChI is InChI=1S/C16H23N3O/c1-11(2)12-5-7-13(8-6-12)15-14(9-10-20-4)18-19(3)16(15)17/h5-8,11H,9-10,17H2,1-4H3. The average molecular weight is 273 g/mol. The molecule has 1 aromatic carbocycles. The average Bonchev–Trinajstić information content (AvgIpc) is 2.72. The van der Waals surface area contributed by atoms with Crippen molar-refractivity contribution in [2.24, 2.45) is 7.05 Å². The number of rotatable bonds is 5. The van der Waals surface area contributed by atoms with Gasteiger partial charge in [-0.3, -0.25) is 4.68 Å². The fourth-order valence-corrected chi connectivity index (χ4v) is 2.32. The maximum atomic E-state index is 6.16. The molecule has 0 saturated heterocycles. The summed E-state index contributed by atoms with van der Waals surface area (Å²) >= 11 is 0. The minimum Gasteiger partial charge on any atom is -0.384 e. The van der Waals surface area contributed by atoms with Gasteiger partial charge in [0.2, 0.25) is 0 Å². The van der Waals surface area contributed by atoms with Crippen LogP contribution in [0.3, 0.4) is 0 Å². The molecule has 0 radical (unpaired) electrons. The van der Waals surface area contributed by atoms with E-state index in [1.165, 1.54) is 5.56 Å². The Morgan fingerprint density at radius 2 is 1.90 bits per heavy atom. The van der Waals surface area contributed by atoms with Gasteiger partial charge in [0.1, 0.15) is 5.82 Å². The van der Waals surface area contributed by atoms with Gasteiger partial charge in [-0.15, -0.1) is 0 Å². The first-order valence-corrected chi connectivity index (χ1v) is 6.95. The second kappa shape index (κ2) is 6.09. The highest BCUT2D eigenvalue weighted by Gasteiger charge is 2.15. The van der Waals surface area contributed by atoms with Crippen LogP contribution in [0.15, 0.2) is 24.3 Å². The minimum absolute atomic E-state index is 0.531. The molecule has 0 atom stereocenters. The highest BCUT2D eigenvalue weighted by Crippen LogP contribution is 2.30. The Bertz CT molecular complexity index is 570. The Kier molecular flexibility index (Phi) is 4.45. The summed E-state index contributed by atoms with van der Waals surface area (Å²) in [7, 11) is 3.57. The summed E-state index contributed by atoms with van der Waals surface area (Å²) in [4.78, 5) is 0. The molecule has 2 rings (SSSR count). The van der Waals surface area contributed by atoms with Gasteiger partial charge >= 0.3 is 0 Å². The van der Waals surface area contributed by atoms with E-state index in [1.807, 2.05) is 7.05 Å². The van der Waals surface area contributed by atoms with Crippen molar-refractivity contribution in [2.45, 2.75) is 26.2 Å². The van der Waals surface area contributed by atoms with Crippen molar-refractivity contribution in [1.29, 1.82) is 0 Å². The van der Waals surface area contributed by atoms with Crippen molar-refractivity contribution in [3.05, 3.63) is 35.5 Å². The fourth-order valence-electron chi connectivity index (χ4n) is 2.32. The number of nitrogens with zero attached hydrogens (tertiary/aromatic N) is 2. The van der Waals surface area contributed by atoms with Gasteiger partial charge in [0, 0.05) is 26.1 Å². The Balaban J connectivity index is 2.40. The monoisotopic (exact) mass is 273 g/mol. The third kappa shape index (κ3) is 2.85. The van der Waals surface area contributed by atoms with Crippen molar-refractivity contribution in [1.82, 2.24) is 9.78 Å². The molecule has 0 unspecified atom stereocenters. The number of nitrogen functional groups attached to an aromatic ring is 1. The van der Waals surface area contributed by atoms with Crippen LogP contribution in [0, 0.1) is 0 Å². The lowest BCUT2D eigenvalue weighted by atomic mass is 9.98. The molecule has 0 aliphatic heterocycles. The number of methoxy groups -OCH3 is 1. The number of ether oxygens (including phenoxy) is 1. The molecule has 0 bridgehead atoms. The van der Waals surface area contributed by atoms with Gasteiger partial charge in [0.05, 0.1) is 12.3 Å². The van der Waals surface area contributed by atoms with E-state index in [0.717, 1.165) is 23.2 Å². The fraction of sp³-hybridized carbons (Fsp3) is 0.438. The summed E-state index contributed by atoms with van der Waals surface area (Å²) in [6, 6.07) is 8.57. The normalized spacial score (nSPS) is 11.2. The van der Waals surface area contributed by atoms with Gasteiger partial charge in [0.15, 0.2) is 0 Å². The van der Waals surface area contributed by atoms with Crippen LogP contribution in [-0.2, 0) is 18.2 Å². The van der Waals surface area contributed by atoms with Crippen molar-refractivity contribution in [3.63, 3.8) is 0 Å². The summed E-state index contributed by atoms with van der Waals surface area (Å²) in [6.07, 6.45) is 0.767. The van der Waals surface area contributed by atoms with E-state index in [1.54, 1.807) is 11.8 Å². The van der Waals surface area contributed by atoms with Crippen LogP contribution in [0.1, 0.15) is 31.0 Å². The smallest absolute Gasteiger partial charge is 0.129 e. The number of hydrogen-bond acceptors (Lipinski definition) is 3. The third-order valence-corrected chi connectivity index (χ3v) is 3.57. The predicted octanol–water partition coefficient (Wildman–Crippen LogP) is 2.98. The summed E-state index contributed by atoms with van der Waals surface area (Å²) < 4.78 is 6.88. The molecule has 1 aromatic heterocycles. The maximum absolute atomic E-state index is 6.16.